The number of carbonyl (C=O) groups excluding carboxylic acids is 1. The smallest absolute Gasteiger partial charge is 0.410 e. The molecule has 184 valence electrons. The highest BCUT2D eigenvalue weighted by Crippen LogP contribution is 2.35. The highest BCUT2D eigenvalue weighted by Gasteiger charge is 2.43. The Morgan fingerprint density at radius 3 is 2.46 bits per heavy atom. The highest BCUT2D eigenvalue weighted by molar-refractivity contribution is 6.34. The van der Waals surface area contributed by atoms with Crippen LogP contribution in [0.1, 0.15) is 27.7 Å². The Morgan fingerprint density at radius 1 is 1.14 bits per heavy atom. The topological polar surface area (TPSA) is 85.6 Å². The maximum absolute atomic E-state index is 12.6. The maximum atomic E-state index is 12.6. The molecule has 0 aliphatic carbocycles. The van der Waals surface area contributed by atoms with Crippen molar-refractivity contribution in [1.82, 2.24) is 24.4 Å². The average molecular weight is 476 g/mol. The Balaban J connectivity index is 1.43. The third kappa shape index (κ3) is 4.41. The molecule has 3 aromatic rings. The van der Waals surface area contributed by atoms with Gasteiger partial charge in [-0.2, -0.15) is 4.98 Å². The lowest BCUT2D eigenvalue weighted by Gasteiger charge is -2.26. The summed E-state index contributed by atoms with van der Waals surface area (Å²) in [5, 5.41) is 0. The summed E-state index contributed by atoms with van der Waals surface area (Å²) >= 11 is 0. The first kappa shape index (κ1) is 23.4. The number of hydrogen-bond donors (Lipinski definition) is 0. The Labute approximate surface area is 206 Å². The van der Waals surface area contributed by atoms with Gasteiger partial charge in [0.1, 0.15) is 30.4 Å². The first-order valence-corrected chi connectivity index (χ1v) is 12.3. The summed E-state index contributed by atoms with van der Waals surface area (Å²) < 4.78 is 13.1. The van der Waals surface area contributed by atoms with Gasteiger partial charge in [0.25, 0.3) is 0 Å². The highest BCUT2D eigenvalue weighted by atomic mass is 16.6. The molecule has 0 bridgehead atoms. The SMILES string of the molecule is Bc1cc(-c2nc(N3CC4CN(C(=O)OC(C)(C)C)CC4C3)nc3c2ncn3CC)ccc1OC. The zero-order valence-electron chi connectivity index (χ0n) is 21.4. The van der Waals surface area contributed by atoms with Crippen LogP contribution in [0.15, 0.2) is 24.5 Å². The average Bonchev–Trinajstić information content (AvgIpc) is 3.50. The van der Waals surface area contributed by atoms with Crippen molar-refractivity contribution in [1.29, 1.82) is 0 Å². The maximum Gasteiger partial charge on any atom is 0.410 e. The van der Waals surface area contributed by atoms with Crippen molar-refractivity contribution in [2.75, 3.05) is 38.2 Å². The van der Waals surface area contributed by atoms with E-state index in [-0.39, 0.29) is 6.09 Å². The molecule has 2 aliphatic heterocycles. The van der Waals surface area contributed by atoms with E-state index in [4.69, 9.17) is 19.4 Å². The molecular weight excluding hydrogens is 443 g/mol. The predicted octanol–water partition coefficient (Wildman–Crippen LogP) is 2.08. The van der Waals surface area contributed by atoms with Crippen molar-refractivity contribution < 1.29 is 14.3 Å². The Bertz CT molecular complexity index is 1260. The van der Waals surface area contributed by atoms with E-state index in [1.54, 1.807) is 7.11 Å². The summed E-state index contributed by atoms with van der Waals surface area (Å²) in [6.45, 7) is 11.6. The molecule has 35 heavy (non-hydrogen) atoms. The number of fused-ring (bicyclic) bond motifs is 2. The number of amides is 1. The second kappa shape index (κ2) is 8.73. The van der Waals surface area contributed by atoms with Crippen LogP contribution in [0.25, 0.3) is 22.4 Å². The summed E-state index contributed by atoms with van der Waals surface area (Å²) in [5.41, 5.74) is 4.03. The number of ether oxygens (including phenoxy) is 2. The monoisotopic (exact) mass is 476 g/mol. The summed E-state index contributed by atoms with van der Waals surface area (Å²) in [6, 6.07) is 6.09. The van der Waals surface area contributed by atoms with Crippen molar-refractivity contribution in [3.8, 4) is 17.0 Å². The van der Waals surface area contributed by atoms with Gasteiger partial charge in [-0.3, -0.25) is 0 Å². The Kier molecular flexibility index (Phi) is 5.85. The number of hydrogen-bond acceptors (Lipinski definition) is 7. The molecule has 2 saturated heterocycles. The molecule has 0 spiro atoms. The molecule has 2 fully saturated rings. The standard InChI is InChI=1S/C25H33BN6O3/c1-6-30-14-27-21-20(15-7-8-19(34-5)18(26)9-15)28-23(29-22(21)30)31-10-16-12-32(13-17(16)11-31)24(33)35-25(2,3)4/h7-9,14,16-17H,6,10-13,26H2,1-5H3. The van der Waals surface area contributed by atoms with E-state index in [2.05, 4.69) is 27.4 Å². The van der Waals surface area contributed by atoms with Gasteiger partial charge in [0, 0.05) is 50.1 Å². The zero-order valence-corrected chi connectivity index (χ0v) is 21.4. The third-order valence-electron chi connectivity index (χ3n) is 6.88. The minimum atomic E-state index is -0.484. The fourth-order valence-corrected chi connectivity index (χ4v) is 5.16. The second-order valence-corrected chi connectivity index (χ2v) is 10.6. The fourth-order valence-electron chi connectivity index (χ4n) is 5.16. The van der Waals surface area contributed by atoms with E-state index in [0.29, 0.717) is 24.9 Å². The molecule has 2 aliphatic rings. The van der Waals surface area contributed by atoms with Crippen LogP contribution in [-0.2, 0) is 11.3 Å². The number of imidazole rings is 1. The number of anilines is 1. The van der Waals surface area contributed by atoms with Gasteiger partial charge in [0.05, 0.1) is 13.4 Å². The lowest BCUT2D eigenvalue weighted by atomic mass is 9.92. The van der Waals surface area contributed by atoms with E-state index in [1.165, 1.54) is 0 Å². The van der Waals surface area contributed by atoms with Crippen molar-refractivity contribution >= 4 is 36.5 Å². The van der Waals surface area contributed by atoms with E-state index in [0.717, 1.165) is 59.2 Å². The van der Waals surface area contributed by atoms with Crippen LogP contribution in [0.2, 0.25) is 0 Å². The number of rotatable bonds is 4. The van der Waals surface area contributed by atoms with Gasteiger partial charge in [-0.1, -0.05) is 6.07 Å². The quantitative estimate of drug-likeness (QED) is 0.533. The number of carbonyl (C=O) groups is 1. The third-order valence-corrected chi connectivity index (χ3v) is 6.88. The largest absolute Gasteiger partial charge is 0.497 e. The molecule has 4 heterocycles. The lowest BCUT2D eigenvalue weighted by Crippen LogP contribution is -2.37. The lowest BCUT2D eigenvalue weighted by molar-refractivity contribution is 0.0282. The van der Waals surface area contributed by atoms with Crippen LogP contribution in [0.4, 0.5) is 10.7 Å². The van der Waals surface area contributed by atoms with Crippen molar-refractivity contribution in [3.05, 3.63) is 24.5 Å². The van der Waals surface area contributed by atoms with Gasteiger partial charge >= 0.3 is 6.09 Å². The van der Waals surface area contributed by atoms with Crippen LogP contribution in [-0.4, -0.2) is 77.2 Å². The summed E-state index contributed by atoms with van der Waals surface area (Å²) in [7, 11) is 3.71. The van der Waals surface area contributed by atoms with Gasteiger partial charge in [0.15, 0.2) is 5.65 Å². The molecule has 5 rings (SSSR count). The van der Waals surface area contributed by atoms with Crippen molar-refractivity contribution in [2.24, 2.45) is 11.8 Å². The van der Waals surface area contributed by atoms with Crippen LogP contribution in [0.5, 0.6) is 5.75 Å². The van der Waals surface area contributed by atoms with E-state index >= 15 is 0 Å². The first-order chi connectivity index (χ1) is 16.7. The summed E-state index contributed by atoms with van der Waals surface area (Å²) in [4.78, 5) is 31.3. The summed E-state index contributed by atoms with van der Waals surface area (Å²) in [5.74, 6) is 2.32. The molecule has 2 unspecified atom stereocenters. The fraction of sp³-hybridized carbons (Fsp3) is 0.520. The minimum Gasteiger partial charge on any atom is -0.497 e. The van der Waals surface area contributed by atoms with Gasteiger partial charge in [-0.05, 0) is 45.3 Å². The molecule has 0 saturated carbocycles. The molecular formula is C25H33BN6O3. The number of nitrogens with zero attached hydrogens (tertiary/aromatic N) is 6. The van der Waals surface area contributed by atoms with Gasteiger partial charge < -0.3 is 23.8 Å². The van der Waals surface area contributed by atoms with Crippen molar-refractivity contribution in [2.45, 2.75) is 39.8 Å². The normalized spacial score (nSPS) is 19.9. The number of aromatic nitrogens is 4. The number of likely N-dealkylation sites (tertiary alicyclic amines) is 1. The van der Waals surface area contributed by atoms with Crippen LogP contribution in [0.3, 0.4) is 0 Å². The van der Waals surface area contributed by atoms with Crippen molar-refractivity contribution in [3.63, 3.8) is 0 Å². The molecule has 2 aromatic heterocycles. The number of aryl methyl sites for hydroxylation is 1. The molecule has 1 aromatic carbocycles. The molecule has 0 radical (unpaired) electrons. The van der Waals surface area contributed by atoms with Gasteiger partial charge in [0.2, 0.25) is 5.95 Å². The van der Waals surface area contributed by atoms with Crippen LogP contribution < -0.4 is 15.1 Å². The predicted molar refractivity (Wildman–Crippen MR) is 138 cm³/mol. The van der Waals surface area contributed by atoms with E-state index in [9.17, 15) is 4.79 Å². The molecule has 9 nitrogen and oxygen atoms in total. The number of methoxy groups -OCH3 is 1. The first-order valence-electron chi connectivity index (χ1n) is 12.3. The van der Waals surface area contributed by atoms with Crippen LogP contribution >= 0.6 is 0 Å². The van der Waals surface area contributed by atoms with Gasteiger partial charge in [-0.15, -0.1) is 0 Å². The Morgan fingerprint density at radius 2 is 1.86 bits per heavy atom. The van der Waals surface area contributed by atoms with E-state index < -0.39 is 5.60 Å². The summed E-state index contributed by atoms with van der Waals surface area (Å²) in [6.07, 6.45) is 1.61. The van der Waals surface area contributed by atoms with Gasteiger partial charge in [-0.25, -0.2) is 14.8 Å². The zero-order chi connectivity index (χ0) is 24.9. The van der Waals surface area contributed by atoms with E-state index in [1.807, 2.05) is 52.0 Å². The second-order valence-electron chi connectivity index (χ2n) is 10.6. The molecule has 2 atom stereocenters. The molecule has 0 N–H and O–H groups in total. The van der Waals surface area contributed by atoms with Crippen LogP contribution in [0, 0.1) is 11.8 Å². The Hall–Kier alpha value is -3.30. The molecule has 10 heteroatoms. The number of benzene rings is 1. The molecule has 1 amide bonds. The minimum absolute atomic E-state index is 0.222.